The van der Waals surface area contributed by atoms with Crippen LogP contribution in [0.15, 0.2) is 12.2 Å². The van der Waals surface area contributed by atoms with Gasteiger partial charge in [-0.1, -0.05) is 0 Å². The number of carbonyl (C=O) groups excluding carboxylic acids is 3. The summed E-state index contributed by atoms with van der Waals surface area (Å²) in [6, 6.07) is 0. The number of hydrogen-bond acceptors (Lipinski definition) is 8. The van der Waals surface area contributed by atoms with Crippen molar-refractivity contribution in [2.45, 2.75) is 6.42 Å². The van der Waals surface area contributed by atoms with Gasteiger partial charge in [-0.25, -0.2) is 0 Å². The normalized spacial score (nSPS) is 13.5. The maximum atomic E-state index is 11.7. The monoisotopic (exact) mass is 402 g/mol. The average Bonchev–Trinajstić information content (AvgIpc) is 3.01. The fourth-order valence-electron chi connectivity index (χ4n) is 2.12. The predicted octanol–water partition coefficient (Wildman–Crippen LogP) is -0.869. The minimum atomic E-state index is -0.387. The summed E-state index contributed by atoms with van der Waals surface area (Å²) in [6.45, 7) is 4.77. The first-order valence-electron chi connectivity index (χ1n) is 9.25. The van der Waals surface area contributed by atoms with E-state index >= 15 is 0 Å². The number of imide groups is 1. The first-order valence-corrected chi connectivity index (χ1v) is 9.25. The molecule has 0 aromatic rings. The van der Waals surface area contributed by atoms with Crippen molar-refractivity contribution in [1.82, 2.24) is 10.2 Å². The number of hydrogen-bond donors (Lipinski definition) is 1. The molecule has 3 amide bonds. The van der Waals surface area contributed by atoms with Crippen LogP contribution in [0.1, 0.15) is 6.42 Å². The van der Waals surface area contributed by atoms with Gasteiger partial charge in [0, 0.05) is 38.8 Å². The van der Waals surface area contributed by atoms with E-state index < -0.39 is 0 Å². The van der Waals surface area contributed by atoms with Crippen LogP contribution in [0.4, 0.5) is 0 Å². The highest BCUT2D eigenvalue weighted by atomic mass is 16.6. The van der Waals surface area contributed by atoms with Gasteiger partial charge in [-0.05, 0) is 0 Å². The second-order valence-electron chi connectivity index (χ2n) is 5.70. The molecular weight excluding hydrogens is 372 g/mol. The zero-order valence-corrected chi connectivity index (χ0v) is 16.4. The Balaban J connectivity index is 1.80. The van der Waals surface area contributed by atoms with Gasteiger partial charge in [0.15, 0.2) is 0 Å². The first kappa shape index (κ1) is 24.2. The van der Waals surface area contributed by atoms with Crippen molar-refractivity contribution in [3.05, 3.63) is 12.2 Å². The maximum Gasteiger partial charge on any atom is 0.253 e. The number of methoxy groups -OCH3 is 1. The Bertz CT molecular complexity index is 480. The summed E-state index contributed by atoms with van der Waals surface area (Å²) in [7, 11) is 1.62. The van der Waals surface area contributed by atoms with E-state index in [0.717, 1.165) is 4.90 Å². The van der Waals surface area contributed by atoms with E-state index in [1.165, 1.54) is 12.2 Å². The lowest BCUT2D eigenvalue weighted by atomic mass is 10.3. The molecule has 160 valence electrons. The molecule has 0 aromatic carbocycles. The zero-order chi connectivity index (χ0) is 20.5. The lowest BCUT2D eigenvalue weighted by Crippen LogP contribution is -2.35. The molecule has 1 aliphatic rings. The third-order valence-electron chi connectivity index (χ3n) is 3.58. The zero-order valence-electron chi connectivity index (χ0n) is 16.4. The van der Waals surface area contributed by atoms with Crippen molar-refractivity contribution in [2.75, 3.05) is 79.7 Å². The van der Waals surface area contributed by atoms with Gasteiger partial charge in [0.1, 0.15) is 0 Å². The predicted molar refractivity (Wildman–Crippen MR) is 98.6 cm³/mol. The van der Waals surface area contributed by atoms with Crippen molar-refractivity contribution >= 4 is 17.7 Å². The number of nitrogens with one attached hydrogen (secondary N) is 1. The van der Waals surface area contributed by atoms with Crippen LogP contribution < -0.4 is 5.32 Å². The van der Waals surface area contributed by atoms with Crippen molar-refractivity contribution < 1.29 is 38.1 Å². The van der Waals surface area contributed by atoms with E-state index in [9.17, 15) is 14.4 Å². The molecule has 0 unspecified atom stereocenters. The standard InChI is InChI=1S/C18H30N2O8/c1-24-8-9-26-12-13-28-15-14-27-11-10-25-7-5-19-16(21)4-6-20-17(22)2-3-18(20)23/h2-3H,4-15H2,1H3,(H,19,21). The van der Waals surface area contributed by atoms with Crippen molar-refractivity contribution in [3.63, 3.8) is 0 Å². The minimum Gasteiger partial charge on any atom is -0.382 e. The summed E-state index contributed by atoms with van der Waals surface area (Å²) in [5.74, 6) is -1.01. The summed E-state index contributed by atoms with van der Waals surface area (Å²) >= 11 is 0. The highest BCUT2D eigenvalue weighted by Gasteiger charge is 2.23. The number of carbonyl (C=O) groups is 3. The minimum absolute atomic E-state index is 0.0691. The maximum absolute atomic E-state index is 11.7. The van der Waals surface area contributed by atoms with Gasteiger partial charge < -0.3 is 29.0 Å². The molecule has 0 aliphatic carbocycles. The van der Waals surface area contributed by atoms with Gasteiger partial charge in [-0.15, -0.1) is 0 Å². The molecule has 0 fully saturated rings. The molecule has 1 N–H and O–H groups in total. The molecule has 28 heavy (non-hydrogen) atoms. The molecule has 0 atom stereocenters. The lowest BCUT2D eigenvalue weighted by molar-refractivity contribution is -0.137. The van der Waals surface area contributed by atoms with Crippen molar-refractivity contribution in [1.29, 1.82) is 0 Å². The number of ether oxygens (including phenoxy) is 5. The van der Waals surface area contributed by atoms with Crippen molar-refractivity contribution in [2.24, 2.45) is 0 Å². The lowest BCUT2D eigenvalue weighted by Gasteiger charge is -2.13. The first-order chi connectivity index (χ1) is 13.6. The topological polar surface area (TPSA) is 113 Å². The fraction of sp³-hybridized carbons (Fsp3) is 0.722. The third kappa shape index (κ3) is 11.8. The second-order valence-corrected chi connectivity index (χ2v) is 5.70. The Hall–Kier alpha value is -1.85. The number of rotatable bonds is 18. The van der Waals surface area contributed by atoms with Gasteiger partial charge in [-0.3, -0.25) is 19.3 Å². The average molecular weight is 402 g/mol. The van der Waals surface area contributed by atoms with Gasteiger partial charge in [0.05, 0.1) is 59.5 Å². The summed E-state index contributed by atoms with van der Waals surface area (Å²) in [5, 5.41) is 2.67. The van der Waals surface area contributed by atoms with Gasteiger partial charge in [0.25, 0.3) is 11.8 Å². The van der Waals surface area contributed by atoms with Gasteiger partial charge in [-0.2, -0.15) is 0 Å². The molecule has 1 aliphatic heterocycles. The smallest absolute Gasteiger partial charge is 0.253 e. The van der Waals surface area contributed by atoms with Crippen LogP contribution >= 0.6 is 0 Å². The van der Waals surface area contributed by atoms with Crippen LogP contribution in [-0.2, 0) is 38.1 Å². The van der Waals surface area contributed by atoms with E-state index in [4.69, 9.17) is 23.7 Å². The molecule has 0 saturated carbocycles. The van der Waals surface area contributed by atoms with Crippen LogP contribution in [0.5, 0.6) is 0 Å². The Labute approximate surface area is 165 Å². The van der Waals surface area contributed by atoms with E-state index in [1.807, 2.05) is 0 Å². The molecular formula is C18H30N2O8. The van der Waals surface area contributed by atoms with Crippen LogP contribution in [0.3, 0.4) is 0 Å². The Morgan fingerprint density at radius 1 is 0.821 bits per heavy atom. The highest BCUT2D eigenvalue weighted by Crippen LogP contribution is 2.03. The fourth-order valence-corrected chi connectivity index (χ4v) is 2.12. The molecule has 0 radical (unpaired) electrons. The van der Waals surface area contributed by atoms with Crippen LogP contribution in [0, 0.1) is 0 Å². The SMILES string of the molecule is COCCOCCOCCOCCOCCNC(=O)CCN1C(=O)C=CC1=O. The third-order valence-corrected chi connectivity index (χ3v) is 3.58. The van der Waals surface area contributed by atoms with E-state index in [-0.39, 0.29) is 30.7 Å². The Morgan fingerprint density at radius 2 is 1.29 bits per heavy atom. The summed E-state index contributed by atoms with van der Waals surface area (Å²) < 4.78 is 26.1. The molecule has 1 rings (SSSR count). The molecule has 10 heteroatoms. The van der Waals surface area contributed by atoms with Crippen LogP contribution in [0.2, 0.25) is 0 Å². The van der Waals surface area contributed by atoms with E-state index in [2.05, 4.69) is 5.32 Å². The molecule has 0 aromatic heterocycles. The summed E-state index contributed by atoms with van der Waals surface area (Å²) in [4.78, 5) is 35.4. The molecule has 0 spiro atoms. The van der Waals surface area contributed by atoms with Crippen molar-refractivity contribution in [3.8, 4) is 0 Å². The largest absolute Gasteiger partial charge is 0.382 e. The highest BCUT2D eigenvalue weighted by molar-refractivity contribution is 6.13. The molecule has 0 bridgehead atoms. The second kappa shape index (κ2) is 16.1. The number of nitrogens with zero attached hydrogens (tertiary/aromatic N) is 1. The Morgan fingerprint density at radius 3 is 1.79 bits per heavy atom. The quantitative estimate of drug-likeness (QED) is 0.233. The summed E-state index contributed by atoms with van der Waals surface area (Å²) in [5.41, 5.74) is 0. The number of amides is 3. The molecule has 10 nitrogen and oxygen atoms in total. The molecule has 1 heterocycles. The van der Waals surface area contributed by atoms with Gasteiger partial charge >= 0.3 is 0 Å². The van der Waals surface area contributed by atoms with Crippen LogP contribution in [0.25, 0.3) is 0 Å². The van der Waals surface area contributed by atoms with Crippen LogP contribution in [-0.4, -0.2) is 102 Å². The summed E-state index contributed by atoms with van der Waals surface area (Å²) in [6.07, 6.45) is 2.46. The molecule has 0 saturated heterocycles. The van der Waals surface area contributed by atoms with E-state index in [1.54, 1.807) is 7.11 Å². The Kier molecular flexibility index (Phi) is 13.9. The van der Waals surface area contributed by atoms with E-state index in [0.29, 0.717) is 66.0 Å². The van der Waals surface area contributed by atoms with Gasteiger partial charge in [0.2, 0.25) is 5.91 Å².